The van der Waals surface area contributed by atoms with Gasteiger partial charge in [0.25, 0.3) is 5.91 Å². The Hall–Kier alpha value is -3.22. The average Bonchev–Trinajstić information content (AvgIpc) is 2.70. The summed E-state index contributed by atoms with van der Waals surface area (Å²) in [7, 11) is 1.59. The molecule has 0 aliphatic heterocycles. The lowest BCUT2D eigenvalue weighted by Gasteiger charge is -2.11. The van der Waals surface area contributed by atoms with Crippen LogP contribution in [0.4, 0.5) is 5.69 Å². The maximum atomic E-state index is 11.9. The molecule has 0 unspecified atom stereocenters. The van der Waals surface area contributed by atoms with Gasteiger partial charge < -0.3 is 14.8 Å². The molecular formula is C20H25N3O4. The second kappa shape index (κ2) is 10.7. The number of rotatable bonds is 9. The number of ether oxygens (including phenoxy) is 2. The maximum absolute atomic E-state index is 11.9. The number of anilines is 1. The fourth-order valence-electron chi connectivity index (χ4n) is 2.39. The zero-order valence-corrected chi connectivity index (χ0v) is 15.6. The summed E-state index contributed by atoms with van der Waals surface area (Å²) < 4.78 is 10.6. The van der Waals surface area contributed by atoms with Crippen LogP contribution >= 0.6 is 0 Å². The van der Waals surface area contributed by atoms with Gasteiger partial charge in [0.2, 0.25) is 5.91 Å². The van der Waals surface area contributed by atoms with Gasteiger partial charge in [-0.2, -0.15) is 0 Å². The summed E-state index contributed by atoms with van der Waals surface area (Å²) in [5, 5.41) is 2.96. The van der Waals surface area contributed by atoms with Crippen LogP contribution in [0.25, 0.3) is 0 Å². The molecule has 7 nitrogen and oxygen atoms in total. The largest absolute Gasteiger partial charge is 0.497 e. The lowest BCUT2D eigenvalue weighted by atomic mass is 10.1. The highest BCUT2D eigenvalue weighted by atomic mass is 16.5. The molecule has 0 bridgehead atoms. The van der Waals surface area contributed by atoms with Crippen molar-refractivity contribution in [1.82, 2.24) is 10.9 Å². The molecule has 2 aromatic carbocycles. The van der Waals surface area contributed by atoms with Crippen LogP contribution in [0, 0.1) is 0 Å². The first-order valence-corrected chi connectivity index (χ1v) is 8.78. The zero-order chi connectivity index (χ0) is 19.5. The van der Waals surface area contributed by atoms with Crippen LogP contribution in [0.15, 0.2) is 48.5 Å². The molecule has 0 radical (unpaired) electrons. The second-order valence-corrected chi connectivity index (χ2v) is 5.72. The van der Waals surface area contributed by atoms with Crippen molar-refractivity contribution >= 4 is 17.5 Å². The number of benzene rings is 2. The predicted octanol–water partition coefficient (Wildman–Crippen LogP) is 2.29. The third-order valence-electron chi connectivity index (χ3n) is 3.78. The number of hydrogen-bond acceptors (Lipinski definition) is 5. The molecule has 0 fully saturated rings. The minimum absolute atomic E-state index is 0.0415. The van der Waals surface area contributed by atoms with Gasteiger partial charge in [0.15, 0.2) is 0 Å². The van der Waals surface area contributed by atoms with Crippen molar-refractivity contribution in [2.24, 2.45) is 0 Å². The molecule has 0 spiro atoms. The van der Waals surface area contributed by atoms with E-state index in [1.54, 1.807) is 31.4 Å². The molecule has 0 saturated carbocycles. The van der Waals surface area contributed by atoms with Gasteiger partial charge in [-0.3, -0.25) is 20.4 Å². The number of nitrogens with one attached hydrogen (secondary N) is 3. The van der Waals surface area contributed by atoms with Crippen molar-refractivity contribution in [1.29, 1.82) is 0 Å². The van der Waals surface area contributed by atoms with Crippen LogP contribution in [-0.2, 0) is 16.0 Å². The van der Waals surface area contributed by atoms with E-state index in [0.29, 0.717) is 13.0 Å². The van der Waals surface area contributed by atoms with Crippen LogP contribution in [-0.4, -0.2) is 32.1 Å². The van der Waals surface area contributed by atoms with Crippen LogP contribution in [0.5, 0.6) is 11.5 Å². The van der Waals surface area contributed by atoms with E-state index in [4.69, 9.17) is 9.47 Å². The number of hydrogen-bond donors (Lipinski definition) is 3. The number of methoxy groups -OCH3 is 1. The molecule has 0 aromatic heterocycles. The molecule has 0 aliphatic carbocycles. The highest BCUT2D eigenvalue weighted by Crippen LogP contribution is 2.19. The van der Waals surface area contributed by atoms with E-state index in [0.717, 1.165) is 22.7 Å². The average molecular weight is 371 g/mol. The van der Waals surface area contributed by atoms with Crippen LogP contribution in [0.3, 0.4) is 0 Å². The van der Waals surface area contributed by atoms with Crippen molar-refractivity contribution in [3.05, 3.63) is 54.1 Å². The highest BCUT2D eigenvalue weighted by Gasteiger charge is 2.08. The van der Waals surface area contributed by atoms with Crippen molar-refractivity contribution in [2.45, 2.75) is 19.8 Å². The van der Waals surface area contributed by atoms with Gasteiger partial charge in [-0.1, -0.05) is 18.2 Å². The van der Waals surface area contributed by atoms with E-state index in [2.05, 4.69) is 16.2 Å². The summed E-state index contributed by atoms with van der Waals surface area (Å²) in [6.07, 6.45) is 0.776. The Labute approximate surface area is 159 Å². The van der Waals surface area contributed by atoms with Gasteiger partial charge in [0.1, 0.15) is 11.5 Å². The lowest BCUT2D eigenvalue weighted by molar-refractivity contribution is -0.128. The maximum Gasteiger partial charge on any atom is 0.257 e. The number of aryl methyl sites for hydroxylation is 1. The molecule has 0 saturated heterocycles. The smallest absolute Gasteiger partial charge is 0.257 e. The van der Waals surface area contributed by atoms with Gasteiger partial charge in [-0.25, -0.2) is 0 Å². The zero-order valence-electron chi connectivity index (χ0n) is 15.6. The molecule has 2 aromatic rings. The molecule has 0 heterocycles. The van der Waals surface area contributed by atoms with E-state index >= 15 is 0 Å². The fourth-order valence-corrected chi connectivity index (χ4v) is 2.39. The van der Waals surface area contributed by atoms with Crippen molar-refractivity contribution in [3.63, 3.8) is 0 Å². The third kappa shape index (κ3) is 6.89. The van der Waals surface area contributed by atoms with Crippen molar-refractivity contribution < 1.29 is 19.1 Å². The number of carbonyl (C=O) groups excluding carboxylic acids is 2. The molecule has 0 atom stereocenters. The topological polar surface area (TPSA) is 88.7 Å². The van der Waals surface area contributed by atoms with Gasteiger partial charge in [-0.15, -0.1) is 0 Å². The third-order valence-corrected chi connectivity index (χ3v) is 3.78. The van der Waals surface area contributed by atoms with Crippen molar-refractivity contribution in [3.8, 4) is 11.5 Å². The van der Waals surface area contributed by atoms with Crippen LogP contribution < -0.4 is 25.6 Å². The number of amides is 2. The Morgan fingerprint density at radius 3 is 2.37 bits per heavy atom. The molecule has 2 rings (SSSR count). The minimum atomic E-state index is -0.339. The SMILES string of the molecule is CCOc1ccccc1CCC(=O)NNC(=O)CNc1ccc(OC)cc1. The molecule has 144 valence electrons. The van der Waals surface area contributed by atoms with E-state index in [1.807, 2.05) is 31.2 Å². The Morgan fingerprint density at radius 2 is 1.67 bits per heavy atom. The van der Waals surface area contributed by atoms with Gasteiger partial charge in [0.05, 0.1) is 20.3 Å². The normalized spacial score (nSPS) is 10.0. The molecule has 3 N–H and O–H groups in total. The Bertz CT molecular complexity index is 747. The number of carbonyl (C=O) groups is 2. The Morgan fingerprint density at radius 1 is 0.963 bits per heavy atom. The van der Waals surface area contributed by atoms with E-state index in [-0.39, 0.29) is 24.8 Å². The highest BCUT2D eigenvalue weighted by molar-refractivity contribution is 5.84. The molecule has 2 amide bonds. The molecular weight excluding hydrogens is 346 g/mol. The summed E-state index contributed by atoms with van der Waals surface area (Å²) in [6.45, 7) is 2.53. The second-order valence-electron chi connectivity index (χ2n) is 5.72. The van der Waals surface area contributed by atoms with Crippen LogP contribution in [0.1, 0.15) is 18.9 Å². The first kappa shape index (κ1) is 20.1. The summed E-state index contributed by atoms with van der Waals surface area (Å²) in [5.74, 6) is 0.914. The number of para-hydroxylation sites is 1. The summed E-state index contributed by atoms with van der Waals surface area (Å²) in [4.78, 5) is 23.8. The monoisotopic (exact) mass is 371 g/mol. The quantitative estimate of drug-likeness (QED) is 0.589. The lowest BCUT2D eigenvalue weighted by Crippen LogP contribution is -2.44. The summed E-state index contributed by atoms with van der Waals surface area (Å²) >= 11 is 0. The van der Waals surface area contributed by atoms with Crippen LogP contribution in [0.2, 0.25) is 0 Å². The predicted molar refractivity (Wildman–Crippen MR) is 104 cm³/mol. The van der Waals surface area contributed by atoms with Gasteiger partial charge in [-0.05, 0) is 49.2 Å². The fraction of sp³-hybridized carbons (Fsp3) is 0.300. The first-order chi connectivity index (χ1) is 13.1. The Kier molecular flexibility index (Phi) is 7.96. The number of hydrazine groups is 1. The van der Waals surface area contributed by atoms with Crippen molar-refractivity contribution in [2.75, 3.05) is 25.6 Å². The van der Waals surface area contributed by atoms with Gasteiger partial charge in [0, 0.05) is 12.1 Å². The van der Waals surface area contributed by atoms with Gasteiger partial charge >= 0.3 is 0 Å². The summed E-state index contributed by atoms with van der Waals surface area (Å²) in [5.41, 5.74) is 6.56. The molecule has 7 heteroatoms. The first-order valence-electron chi connectivity index (χ1n) is 8.78. The summed E-state index contributed by atoms with van der Waals surface area (Å²) in [6, 6.07) is 14.8. The molecule has 27 heavy (non-hydrogen) atoms. The molecule has 0 aliphatic rings. The van der Waals surface area contributed by atoms with E-state index < -0.39 is 0 Å². The van der Waals surface area contributed by atoms with E-state index in [1.165, 1.54) is 0 Å². The Balaban J connectivity index is 1.69. The standard InChI is InChI=1S/C20H25N3O4/c1-3-27-18-7-5-4-6-15(18)8-13-19(24)22-23-20(25)14-21-16-9-11-17(26-2)12-10-16/h4-7,9-12,21H,3,8,13-14H2,1-2H3,(H,22,24)(H,23,25). The minimum Gasteiger partial charge on any atom is -0.497 e. The van der Waals surface area contributed by atoms with E-state index in [9.17, 15) is 9.59 Å².